The van der Waals surface area contributed by atoms with Crippen LogP contribution in [-0.2, 0) is 22.6 Å². The third-order valence-corrected chi connectivity index (χ3v) is 5.26. The number of hydrogen-bond donors (Lipinski definition) is 0. The van der Waals surface area contributed by atoms with Gasteiger partial charge in [-0.15, -0.1) is 0 Å². The van der Waals surface area contributed by atoms with Gasteiger partial charge in [0.25, 0.3) is 0 Å². The molecule has 0 saturated carbocycles. The van der Waals surface area contributed by atoms with Crippen molar-refractivity contribution in [3.63, 3.8) is 0 Å². The largest absolute Gasteiger partial charge is 0.472 e. The summed E-state index contributed by atoms with van der Waals surface area (Å²) in [6, 6.07) is 12.4. The lowest BCUT2D eigenvalue weighted by Gasteiger charge is -2.38. The van der Waals surface area contributed by atoms with Gasteiger partial charge in [-0.1, -0.05) is 30.3 Å². The van der Waals surface area contributed by atoms with Crippen LogP contribution in [0.25, 0.3) is 0 Å². The average molecular weight is 327 g/mol. The molecule has 2 aromatic rings. The summed E-state index contributed by atoms with van der Waals surface area (Å²) in [6.45, 7) is 4.54. The highest BCUT2D eigenvalue weighted by Crippen LogP contribution is 2.37. The van der Waals surface area contributed by atoms with Gasteiger partial charge in [0.2, 0.25) is 0 Å². The Balaban J connectivity index is 1.24. The number of furan rings is 1. The number of piperidine rings is 1. The van der Waals surface area contributed by atoms with E-state index in [1.165, 1.54) is 11.1 Å². The number of ether oxygens (including phenoxy) is 2. The molecular formula is C20H25NO3. The highest BCUT2D eigenvalue weighted by Gasteiger charge is 2.43. The van der Waals surface area contributed by atoms with Crippen molar-refractivity contribution in [1.29, 1.82) is 0 Å². The van der Waals surface area contributed by atoms with Gasteiger partial charge in [-0.3, -0.25) is 4.90 Å². The molecule has 1 aromatic heterocycles. The van der Waals surface area contributed by atoms with Crippen molar-refractivity contribution in [2.75, 3.05) is 19.7 Å². The standard InChI is InChI=1S/C20H25NO3/c1-2-4-17(5-3-1)15-23-19-12-20(24-16-19)7-9-21(10-8-20)13-18-6-11-22-14-18/h1-6,11,14,19H,7-10,12-13,15-16H2/t19-/m0/s1. The molecule has 0 aliphatic carbocycles. The lowest BCUT2D eigenvalue weighted by atomic mass is 9.88. The Morgan fingerprint density at radius 2 is 1.92 bits per heavy atom. The van der Waals surface area contributed by atoms with Crippen LogP contribution in [0.4, 0.5) is 0 Å². The first-order chi connectivity index (χ1) is 11.8. The molecule has 1 aromatic carbocycles. The molecule has 24 heavy (non-hydrogen) atoms. The first-order valence-electron chi connectivity index (χ1n) is 8.84. The molecule has 2 aliphatic heterocycles. The van der Waals surface area contributed by atoms with E-state index < -0.39 is 0 Å². The van der Waals surface area contributed by atoms with E-state index in [1.807, 2.05) is 18.4 Å². The van der Waals surface area contributed by atoms with Crippen LogP contribution in [0.5, 0.6) is 0 Å². The van der Waals surface area contributed by atoms with E-state index in [9.17, 15) is 0 Å². The molecule has 4 nitrogen and oxygen atoms in total. The maximum absolute atomic E-state index is 6.20. The van der Waals surface area contributed by atoms with Gasteiger partial charge < -0.3 is 13.9 Å². The molecule has 2 fully saturated rings. The maximum Gasteiger partial charge on any atom is 0.0947 e. The van der Waals surface area contributed by atoms with Crippen LogP contribution in [0.1, 0.15) is 30.4 Å². The third kappa shape index (κ3) is 3.72. The summed E-state index contributed by atoms with van der Waals surface area (Å²) >= 11 is 0. The number of rotatable bonds is 5. The second-order valence-electron chi connectivity index (χ2n) is 7.02. The van der Waals surface area contributed by atoms with Gasteiger partial charge in [-0.2, -0.15) is 0 Å². The molecule has 4 heteroatoms. The predicted octanol–water partition coefficient (Wildman–Crippen LogP) is 3.62. The Bertz CT molecular complexity index is 618. The Morgan fingerprint density at radius 3 is 2.67 bits per heavy atom. The second-order valence-corrected chi connectivity index (χ2v) is 7.02. The number of hydrogen-bond acceptors (Lipinski definition) is 4. The Labute approximate surface area is 143 Å². The molecule has 0 unspecified atom stereocenters. The quantitative estimate of drug-likeness (QED) is 0.840. The average Bonchev–Trinajstić information content (AvgIpc) is 3.27. The van der Waals surface area contributed by atoms with E-state index >= 15 is 0 Å². The summed E-state index contributed by atoms with van der Waals surface area (Å²) in [4.78, 5) is 2.48. The van der Waals surface area contributed by atoms with E-state index in [4.69, 9.17) is 13.9 Å². The van der Waals surface area contributed by atoms with E-state index in [0.717, 1.165) is 45.5 Å². The molecule has 0 bridgehead atoms. The molecular weight excluding hydrogens is 302 g/mol. The van der Waals surface area contributed by atoms with E-state index in [2.05, 4.69) is 29.2 Å². The molecule has 2 aliphatic rings. The molecule has 2 saturated heterocycles. The molecule has 1 spiro atoms. The van der Waals surface area contributed by atoms with Gasteiger partial charge in [-0.05, 0) is 24.5 Å². The van der Waals surface area contributed by atoms with Gasteiger partial charge in [0.05, 0.1) is 37.4 Å². The zero-order valence-corrected chi connectivity index (χ0v) is 14.0. The monoisotopic (exact) mass is 327 g/mol. The van der Waals surface area contributed by atoms with Crippen molar-refractivity contribution in [2.45, 2.75) is 44.1 Å². The van der Waals surface area contributed by atoms with Gasteiger partial charge in [-0.25, -0.2) is 0 Å². The fourth-order valence-electron chi connectivity index (χ4n) is 3.81. The van der Waals surface area contributed by atoms with Crippen molar-refractivity contribution in [2.24, 2.45) is 0 Å². The van der Waals surface area contributed by atoms with Crippen molar-refractivity contribution >= 4 is 0 Å². The van der Waals surface area contributed by atoms with Crippen molar-refractivity contribution in [3.8, 4) is 0 Å². The van der Waals surface area contributed by atoms with Crippen LogP contribution in [0.3, 0.4) is 0 Å². The lowest BCUT2D eigenvalue weighted by molar-refractivity contribution is -0.0468. The Hall–Kier alpha value is -1.62. The molecule has 0 N–H and O–H groups in total. The first kappa shape index (κ1) is 15.9. The molecule has 4 rings (SSSR count). The van der Waals surface area contributed by atoms with Crippen molar-refractivity contribution < 1.29 is 13.9 Å². The molecule has 128 valence electrons. The molecule has 1 atom stereocenters. The summed E-state index contributed by atoms with van der Waals surface area (Å²) < 4.78 is 17.4. The normalized spacial score (nSPS) is 23.8. The fourth-order valence-corrected chi connectivity index (χ4v) is 3.81. The molecule has 0 radical (unpaired) electrons. The lowest BCUT2D eigenvalue weighted by Crippen LogP contribution is -2.43. The highest BCUT2D eigenvalue weighted by atomic mass is 16.6. The summed E-state index contributed by atoms with van der Waals surface area (Å²) in [5, 5.41) is 0. The second kappa shape index (κ2) is 7.09. The molecule has 3 heterocycles. The van der Waals surface area contributed by atoms with Crippen molar-refractivity contribution in [1.82, 2.24) is 4.90 Å². The van der Waals surface area contributed by atoms with Gasteiger partial charge in [0.1, 0.15) is 0 Å². The number of nitrogens with zero attached hydrogens (tertiary/aromatic N) is 1. The van der Waals surface area contributed by atoms with Crippen LogP contribution >= 0.6 is 0 Å². The number of benzene rings is 1. The van der Waals surface area contributed by atoms with Gasteiger partial charge in [0.15, 0.2) is 0 Å². The van der Waals surface area contributed by atoms with Crippen molar-refractivity contribution in [3.05, 3.63) is 60.1 Å². The summed E-state index contributed by atoms with van der Waals surface area (Å²) in [5.74, 6) is 0. The maximum atomic E-state index is 6.20. The Morgan fingerprint density at radius 1 is 1.08 bits per heavy atom. The SMILES string of the molecule is c1ccc(CO[C@@H]2COC3(CCN(Cc4ccoc4)CC3)C2)cc1. The topological polar surface area (TPSA) is 34.8 Å². The van der Waals surface area contributed by atoms with Crippen LogP contribution in [0, 0.1) is 0 Å². The smallest absolute Gasteiger partial charge is 0.0947 e. The number of likely N-dealkylation sites (tertiary alicyclic amines) is 1. The summed E-state index contributed by atoms with van der Waals surface area (Å²) in [6.07, 6.45) is 7.02. The van der Waals surface area contributed by atoms with Crippen LogP contribution in [0.2, 0.25) is 0 Å². The predicted molar refractivity (Wildman–Crippen MR) is 91.5 cm³/mol. The van der Waals surface area contributed by atoms with Crippen LogP contribution < -0.4 is 0 Å². The first-order valence-corrected chi connectivity index (χ1v) is 8.84. The van der Waals surface area contributed by atoms with E-state index in [1.54, 1.807) is 6.26 Å². The van der Waals surface area contributed by atoms with Crippen LogP contribution in [0.15, 0.2) is 53.3 Å². The summed E-state index contributed by atoms with van der Waals surface area (Å²) in [5.41, 5.74) is 2.52. The third-order valence-electron chi connectivity index (χ3n) is 5.26. The zero-order valence-electron chi connectivity index (χ0n) is 14.0. The molecule has 0 amide bonds. The fraction of sp³-hybridized carbons (Fsp3) is 0.500. The minimum absolute atomic E-state index is 0.0360. The van der Waals surface area contributed by atoms with Gasteiger partial charge in [0, 0.05) is 31.6 Å². The Kier molecular flexibility index (Phi) is 4.69. The highest BCUT2D eigenvalue weighted by molar-refractivity contribution is 5.13. The minimum atomic E-state index is 0.0360. The van der Waals surface area contributed by atoms with E-state index in [-0.39, 0.29) is 11.7 Å². The van der Waals surface area contributed by atoms with Gasteiger partial charge >= 0.3 is 0 Å². The zero-order chi connectivity index (χ0) is 16.2. The minimum Gasteiger partial charge on any atom is -0.472 e. The van der Waals surface area contributed by atoms with Crippen LogP contribution in [-0.4, -0.2) is 36.3 Å². The van der Waals surface area contributed by atoms with E-state index in [0.29, 0.717) is 6.61 Å². The summed E-state index contributed by atoms with van der Waals surface area (Å²) in [7, 11) is 0.